The third-order valence-corrected chi connectivity index (χ3v) is 10.0. The van der Waals surface area contributed by atoms with Gasteiger partial charge < -0.3 is 4.57 Å². The zero-order valence-electron chi connectivity index (χ0n) is 22.9. The van der Waals surface area contributed by atoms with Gasteiger partial charge in [0.1, 0.15) is 0 Å². The van der Waals surface area contributed by atoms with Gasteiger partial charge in [0.05, 0.1) is 28.8 Å². The van der Waals surface area contributed by atoms with Crippen molar-refractivity contribution in [2.75, 3.05) is 0 Å². The van der Waals surface area contributed by atoms with Crippen LogP contribution in [0.2, 0.25) is 0 Å². The van der Waals surface area contributed by atoms with Crippen LogP contribution in [0.15, 0.2) is 131 Å². The Hall–Kier alpha value is -5.49. The fourth-order valence-corrected chi connectivity index (χ4v) is 8.32. The van der Waals surface area contributed by atoms with Gasteiger partial charge in [0.2, 0.25) is 6.71 Å². The standard InChI is InChI=1S/C38H20BN3S/c40-21-23-15-30-29-19-27(25-9-3-1-4-10-25)28(26-11-5-2-6-12-26)20-33(29)42-34-17-24(22-41)18-36-37(34)39(32(16-23)38(30)42)31-13-7-8-14-35(31)43-36/h1-20H. The lowest BCUT2D eigenvalue weighted by Gasteiger charge is -2.33. The molecule has 0 aliphatic carbocycles. The van der Waals surface area contributed by atoms with Crippen molar-refractivity contribution in [1.29, 1.82) is 10.5 Å². The molecule has 9 rings (SSSR count). The van der Waals surface area contributed by atoms with E-state index < -0.39 is 0 Å². The normalized spacial score (nSPS) is 12.5. The molecule has 7 aromatic rings. The first-order valence-electron chi connectivity index (χ1n) is 14.3. The molecule has 3 heterocycles. The van der Waals surface area contributed by atoms with Crippen LogP contribution in [0.1, 0.15) is 11.1 Å². The Bertz CT molecular complexity index is 2400. The Morgan fingerprint density at radius 1 is 0.581 bits per heavy atom. The molecule has 0 atom stereocenters. The molecule has 0 radical (unpaired) electrons. The second kappa shape index (κ2) is 9.01. The quantitative estimate of drug-likeness (QED) is 0.211. The second-order valence-electron chi connectivity index (χ2n) is 11.1. The van der Waals surface area contributed by atoms with Crippen LogP contribution >= 0.6 is 11.8 Å². The van der Waals surface area contributed by atoms with Crippen LogP contribution in [0.25, 0.3) is 49.7 Å². The minimum atomic E-state index is -0.0232. The predicted octanol–water partition coefficient (Wildman–Crippen LogP) is 7.16. The highest BCUT2D eigenvalue weighted by molar-refractivity contribution is 8.00. The molecule has 1 aromatic heterocycles. The molecular formula is C38H20BN3S. The first-order chi connectivity index (χ1) is 21.2. The molecule has 196 valence electrons. The SMILES string of the molecule is N#Cc1cc2c3c(c1)-n1c4cc(-c5ccccc5)c(-c5ccccc5)cc4c4cc(C#N)cc(c41)B3c1ccccc1S2. The summed E-state index contributed by atoms with van der Waals surface area (Å²) in [5.41, 5.74) is 12.7. The van der Waals surface area contributed by atoms with Crippen molar-refractivity contribution < 1.29 is 0 Å². The zero-order valence-corrected chi connectivity index (χ0v) is 23.7. The molecular weight excluding hydrogens is 541 g/mol. The van der Waals surface area contributed by atoms with Crippen molar-refractivity contribution in [3.8, 4) is 40.1 Å². The Kier molecular flexibility index (Phi) is 5.06. The molecule has 0 amide bonds. The highest BCUT2D eigenvalue weighted by Crippen LogP contribution is 2.43. The van der Waals surface area contributed by atoms with Crippen molar-refractivity contribution in [2.45, 2.75) is 9.79 Å². The van der Waals surface area contributed by atoms with Gasteiger partial charge in [-0.3, -0.25) is 0 Å². The number of benzene rings is 6. The van der Waals surface area contributed by atoms with Gasteiger partial charge in [-0.2, -0.15) is 10.5 Å². The van der Waals surface area contributed by atoms with Crippen LogP contribution in [-0.2, 0) is 0 Å². The molecule has 2 aliphatic heterocycles. The third-order valence-electron chi connectivity index (χ3n) is 8.87. The maximum absolute atomic E-state index is 10.2. The van der Waals surface area contributed by atoms with E-state index >= 15 is 0 Å². The van der Waals surface area contributed by atoms with Crippen molar-refractivity contribution in [2.24, 2.45) is 0 Å². The van der Waals surface area contributed by atoms with Crippen molar-refractivity contribution in [1.82, 2.24) is 4.57 Å². The summed E-state index contributed by atoms with van der Waals surface area (Å²) in [5.74, 6) is 0. The average molecular weight is 561 g/mol. The van der Waals surface area contributed by atoms with E-state index in [1.165, 1.54) is 15.8 Å². The fraction of sp³-hybridized carbons (Fsp3) is 0. The predicted molar refractivity (Wildman–Crippen MR) is 176 cm³/mol. The van der Waals surface area contributed by atoms with Gasteiger partial charge >= 0.3 is 0 Å². The molecule has 0 fully saturated rings. The van der Waals surface area contributed by atoms with Crippen LogP contribution in [-0.4, -0.2) is 11.3 Å². The van der Waals surface area contributed by atoms with E-state index in [9.17, 15) is 10.5 Å². The molecule has 6 aromatic carbocycles. The van der Waals surface area contributed by atoms with Crippen LogP contribution in [0.3, 0.4) is 0 Å². The van der Waals surface area contributed by atoms with E-state index in [-0.39, 0.29) is 6.71 Å². The molecule has 0 saturated heterocycles. The molecule has 2 aliphatic rings. The minimum absolute atomic E-state index is 0.0232. The van der Waals surface area contributed by atoms with Crippen LogP contribution in [0.5, 0.6) is 0 Å². The summed E-state index contributed by atoms with van der Waals surface area (Å²) in [6.07, 6.45) is 0. The van der Waals surface area contributed by atoms with Crippen molar-refractivity contribution >= 4 is 56.7 Å². The number of rotatable bonds is 2. The van der Waals surface area contributed by atoms with E-state index in [0.29, 0.717) is 11.1 Å². The molecule has 0 spiro atoms. The maximum atomic E-state index is 10.2. The van der Waals surface area contributed by atoms with Gasteiger partial charge in [-0.15, -0.1) is 0 Å². The van der Waals surface area contributed by atoms with E-state index in [1.54, 1.807) is 11.8 Å². The number of aromatic nitrogens is 1. The summed E-state index contributed by atoms with van der Waals surface area (Å²) in [6.45, 7) is -0.0232. The number of hydrogen-bond donors (Lipinski definition) is 0. The molecule has 0 bridgehead atoms. The van der Waals surface area contributed by atoms with Crippen molar-refractivity contribution in [3.63, 3.8) is 0 Å². The van der Waals surface area contributed by atoms with E-state index in [4.69, 9.17) is 0 Å². The Balaban J connectivity index is 1.50. The first-order valence-corrected chi connectivity index (χ1v) is 15.1. The highest BCUT2D eigenvalue weighted by Gasteiger charge is 2.40. The largest absolute Gasteiger partial charge is 0.310 e. The van der Waals surface area contributed by atoms with Gasteiger partial charge in [-0.1, -0.05) is 96.1 Å². The summed E-state index contributed by atoms with van der Waals surface area (Å²) in [6, 6.07) is 47.3. The van der Waals surface area contributed by atoms with Gasteiger partial charge in [-0.05, 0) is 75.6 Å². The average Bonchev–Trinajstić information content (AvgIpc) is 3.40. The van der Waals surface area contributed by atoms with Crippen molar-refractivity contribution in [3.05, 3.63) is 132 Å². The smallest absolute Gasteiger partial charge is 0.249 e. The van der Waals surface area contributed by atoms with Gasteiger partial charge in [-0.25, -0.2) is 0 Å². The molecule has 5 heteroatoms. The summed E-state index contributed by atoms with van der Waals surface area (Å²) in [7, 11) is 0. The lowest BCUT2D eigenvalue weighted by atomic mass is 9.35. The number of hydrogen-bond acceptors (Lipinski definition) is 3. The van der Waals surface area contributed by atoms with E-state index in [1.807, 2.05) is 30.3 Å². The van der Waals surface area contributed by atoms with Gasteiger partial charge in [0.15, 0.2) is 0 Å². The summed E-state index contributed by atoms with van der Waals surface area (Å²) in [5, 5.41) is 22.5. The lowest BCUT2D eigenvalue weighted by molar-refractivity contribution is 1.17. The summed E-state index contributed by atoms with van der Waals surface area (Å²) >= 11 is 1.73. The molecule has 0 saturated carbocycles. The fourth-order valence-electron chi connectivity index (χ4n) is 7.11. The highest BCUT2D eigenvalue weighted by atomic mass is 32.2. The molecule has 0 unspecified atom stereocenters. The Morgan fingerprint density at radius 3 is 1.95 bits per heavy atom. The number of nitrogens with zero attached hydrogens (tertiary/aromatic N) is 3. The minimum Gasteiger partial charge on any atom is -0.310 e. The lowest BCUT2D eigenvalue weighted by Crippen LogP contribution is -2.58. The first kappa shape index (κ1) is 24.1. The van der Waals surface area contributed by atoms with Crippen LogP contribution < -0.4 is 16.4 Å². The Morgan fingerprint density at radius 2 is 1.23 bits per heavy atom. The number of fused-ring (bicyclic) bond motifs is 7. The number of nitriles is 2. The molecule has 3 nitrogen and oxygen atoms in total. The monoisotopic (exact) mass is 561 g/mol. The zero-order chi connectivity index (χ0) is 28.7. The third kappa shape index (κ3) is 3.38. The topological polar surface area (TPSA) is 52.5 Å². The van der Waals surface area contributed by atoms with Crippen LogP contribution in [0.4, 0.5) is 0 Å². The second-order valence-corrected chi connectivity index (χ2v) is 12.2. The van der Waals surface area contributed by atoms with E-state index in [2.05, 4.69) is 108 Å². The summed E-state index contributed by atoms with van der Waals surface area (Å²) in [4.78, 5) is 2.30. The molecule has 43 heavy (non-hydrogen) atoms. The maximum Gasteiger partial charge on any atom is 0.249 e. The Labute approximate surface area is 253 Å². The van der Waals surface area contributed by atoms with Gasteiger partial charge in [0, 0.05) is 31.8 Å². The van der Waals surface area contributed by atoms with Crippen LogP contribution in [0, 0.1) is 22.7 Å². The van der Waals surface area contributed by atoms with E-state index in [0.717, 1.165) is 60.1 Å². The van der Waals surface area contributed by atoms with Gasteiger partial charge in [0.25, 0.3) is 0 Å². The molecule has 0 N–H and O–H groups in total. The summed E-state index contributed by atoms with van der Waals surface area (Å²) < 4.78 is 2.35.